The van der Waals surface area contributed by atoms with Crippen molar-refractivity contribution in [2.45, 2.75) is 51.6 Å². The Morgan fingerprint density at radius 2 is 1.92 bits per heavy atom. The molecule has 2 aliphatic heterocycles. The summed E-state index contributed by atoms with van der Waals surface area (Å²) in [5.74, 6) is 1.88. The molecule has 2 heterocycles. The number of amides is 1. The Balaban J connectivity index is 1.81. The number of likely N-dealkylation sites (tertiary alicyclic amines) is 1. The van der Waals surface area contributed by atoms with Crippen LogP contribution >= 0.6 is 0 Å². The van der Waals surface area contributed by atoms with E-state index in [0.29, 0.717) is 18.5 Å². The number of benzene rings is 1. The zero-order valence-electron chi connectivity index (χ0n) is 15.9. The molecule has 0 saturated carbocycles. The summed E-state index contributed by atoms with van der Waals surface area (Å²) in [4.78, 5) is 16.7. The fourth-order valence-corrected chi connectivity index (χ4v) is 4.34. The molecule has 5 nitrogen and oxygen atoms in total. The first-order valence-electron chi connectivity index (χ1n) is 9.37. The van der Waals surface area contributed by atoms with Crippen molar-refractivity contribution in [3.8, 4) is 11.5 Å². The Morgan fingerprint density at radius 3 is 2.60 bits per heavy atom. The van der Waals surface area contributed by atoms with Crippen LogP contribution in [0, 0.1) is 0 Å². The van der Waals surface area contributed by atoms with Gasteiger partial charge in [0.1, 0.15) is 0 Å². The summed E-state index contributed by atoms with van der Waals surface area (Å²) in [7, 11) is 3.37. The van der Waals surface area contributed by atoms with Gasteiger partial charge in [-0.3, -0.25) is 9.69 Å². The largest absolute Gasteiger partial charge is 0.493 e. The van der Waals surface area contributed by atoms with Gasteiger partial charge in [0.2, 0.25) is 5.91 Å². The van der Waals surface area contributed by atoms with Gasteiger partial charge in [-0.15, -0.1) is 0 Å². The molecule has 0 unspecified atom stereocenters. The van der Waals surface area contributed by atoms with Crippen LogP contribution in [0.4, 0.5) is 0 Å². The SMILES string of the molecule is CCC(=O)N1CCC[C@H](N2CCc3cc(OC)c(OC)cc3[C@@H]2C)C1. The number of carbonyl (C=O) groups is 1. The second-order valence-corrected chi connectivity index (χ2v) is 7.06. The molecule has 0 radical (unpaired) electrons. The van der Waals surface area contributed by atoms with Crippen LogP contribution in [0.1, 0.15) is 50.3 Å². The van der Waals surface area contributed by atoms with Crippen molar-refractivity contribution < 1.29 is 14.3 Å². The smallest absolute Gasteiger partial charge is 0.222 e. The number of hydrogen-bond acceptors (Lipinski definition) is 4. The zero-order chi connectivity index (χ0) is 18.0. The molecule has 0 spiro atoms. The molecule has 1 fully saturated rings. The van der Waals surface area contributed by atoms with Crippen LogP contribution in [0.15, 0.2) is 12.1 Å². The quantitative estimate of drug-likeness (QED) is 0.840. The molecule has 25 heavy (non-hydrogen) atoms. The number of methoxy groups -OCH3 is 2. The monoisotopic (exact) mass is 346 g/mol. The zero-order valence-corrected chi connectivity index (χ0v) is 15.9. The number of carbonyl (C=O) groups excluding carboxylic acids is 1. The number of hydrogen-bond donors (Lipinski definition) is 0. The van der Waals surface area contributed by atoms with Crippen LogP contribution in [0.3, 0.4) is 0 Å². The van der Waals surface area contributed by atoms with Gasteiger partial charge in [-0.25, -0.2) is 0 Å². The lowest BCUT2D eigenvalue weighted by Gasteiger charge is -2.45. The third-order valence-electron chi connectivity index (χ3n) is 5.75. The lowest BCUT2D eigenvalue weighted by Crippen LogP contribution is -2.51. The van der Waals surface area contributed by atoms with Crippen molar-refractivity contribution in [2.75, 3.05) is 33.9 Å². The van der Waals surface area contributed by atoms with Gasteiger partial charge in [0.25, 0.3) is 0 Å². The number of ether oxygens (including phenoxy) is 2. The van der Waals surface area contributed by atoms with Crippen LogP contribution in [-0.4, -0.2) is 55.6 Å². The minimum atomic E-state index is 0.279. The molecule has 2 aliphatic rings. The van der Waals surface area contributed by atoms with Gasteiger partial charge in [-0.1, -0.05) is 6.92 Å². The molecular weight excluding hydrogens is 316 g/mol. The van der Waals surface area contributed by atoms with Crippen LogP contribution in [0.5, 0.6) is 11.5 Å². The van der Waals surface area contributed by atoms with Crippen molar-refractivity contribution >= 4 is 5.91 Å². The molecule has 138 valence electrons. The average Bonchev–Trinajstić information content (AvgIpc) is 2.66. The summed E-state index contributed by atoms with van der Waals surface area (Å²) in [6, 6.07) is 5.02. The number of piperidine rings is 1. The van der Waals surface area contributed by atoms with Crippen LogP contribution < -0.4 is 9.47 Å². The van der Waals surface area contributed by atoms with Crippen LogP contribution in [-0.2, 0) is 11.2 Å². The average molecular weight is 346 g/mol. The molecule has 0 aromatic heterocycles. The first-order chi connectivity index (χ1) is 12.1. The fraction of sp³-hybridized carbons (Fsp3) is 0.650. The van der Waals surface area contributed by atoms with E-state index >= 15 is 0 Å². The van der Waals surface area contributed by atoms with Crippen molar-refractivity contribution in [2.24, 2.45) is 0 Å². The molecular formula is C20H30N2O3. The lowest BCUT2D eigenvalue weighted by atomic mass is 9.90. The van der Waals surface area contributed by atoms with Gasteiger partial charge in [0, 0.05) is 38.1 Å². The van der Waals surface area contributed by atoms with Gasteiger partial charge in [-0.2, -0.15) is 0 Å². The van der Waals surface area contributed by atoms with Gasteiger partial charge >= 0.3 is 0 Å². The summed E-state index contributed by atoms with van der Waals surface area (Å²) in [6.07, 6.45) is 3.87. The van der Waals surface area contributed by atoms with E-state index in [4.69, 9.17) is 9.47 Å². The Hall–Kier alpha value is -1.75. The number of fused-ring (bicyclic) bond motifs is 1. The fourth-order valence-electron chi connectivity index (χ4n) is 4.34. The maximum atomic E-state index is 12.1. The highest BCUT2D eigenvalue weighted by Gasteiger charge is 2.33. The molecule has 3 rings (SSSR count). The van der Waals surface area contributed by atoms with Gasteiger partial charge < -0.3 is 14.4 Å². The van der Waals surface area contributed by atoms with E-state index in [0.717, 1.165) is 44.0 Å². The van der Waals surface area contributed by atoms with E-state index in [1.54, 1.807) is 14.2 Å². The van der Waals surface area contributed by atoms with Crippen molar-refractivity contribution in [1.82, 2.24) is 9.80 Å². The molecule has 2 atom stereocenters. The Bertz CT molecular complexity index is 632. The minimum absolute atomic E-state index is 0.279. The van der Waals surface area contributed by atoms with E-state index in [-0.39, 0.29) is 5.91 Å². The topological polar surface area (TPSA) is 42.0 Å². The number of rotatable bonds is 4. The number of nitrogens with zero attached hydrogens (tertiary/aromatic N) is 2. The molecule has 0 aliphatic carbocycles. The summed E-state index contributed by atoms with van der Waals surface area (Å²) in [5.41, 5.74) is 2.67. The Morgan fingerprint density at radius 1 is 1.20 bits per heavy atom. The predicted octanol–water partition coefficient (Wildman–Crippen LogP) is 3.02. The summed E-state index contributed by atoms with van der Waals surface area (Å²) in [5, 5.41) is 0. The van der Waals surface area contributed by atoms with Crippen molar-refractivity contribution in [3.63, 3.8) is 0 Å². The summed E-state index contributed by atoms with van der Waals surface area (Å²) >= 11 is 0. The third-order valence-corrected chi connectivity index (χ3v) is 5.75. The van der Waals surface area contributed by atoms with Crippen LogP contribution in [0.2, 0.25) is 0 Å². The molecule has 0 bridgehead atoms. The molecule has 1 saturated heterocycles. The highest BCUT2D eigenvalue weighted by Crippen LogP contribution is 2.39. The maximum Gasteiger partial charge on any atom is 0.222 e. The molecule has 5 heteroatoms. The highest BCUT2D eigenvalue weighted by atomic mass is 16.5. The molecule has 1 amide bonds. The highest BCUT2D eigenvalue weighted by molar-refractivity contribution is 5.75. The second kappa shape index (κ2) is 7.65. The Kier molecular flexibility index (Phi) is 5.52. The minimum Gasteiger partial charge on any atom is -0.493 e. The van der Waals surface area contributed by atoms with Crippen LogP contribution in [0.25, 0.3) is 0 Å². The van der Waals surface area contributed by atoms with Gasteiger partial charge in [0.05, 0.1) is 14.2 Å². The van der Waals surface area contributed by atoms with E-state index < -0.39 is 0 Å². The van der Waals surface area contributed by atoms with Crippen molar-refractivity contribution in [3.05, 3.63) is 23.3 Å². The second-order valence-electron chi connectivity index (χ2n) is 7.06. The summed E-state index contributed by atoms with van der Waals surface area (Å²) < 4.78 is 10.9. The first-order valence-corrected chi connectivity index (χ1v) is 9.37. The summed E-state index contributed by atoms with van der Waals surface area (Å²) in [6.45, 7) is 7.02. The third kappa shape index (κ3) is 3.47. The Labute approximate surface area is 150 Å². The van der Waals surface area contributed by atoms with E-state index in [1.165, 1.54) is 17.5 Å². The van der Waals surface area contributed by atoms with E-state index in [2.05, 4.69) is 24.0 Å². The standard InChI is InChI=1S/C20H30N2O3/c1-5-20(23)21-9-6-7-16(13-21)22-10-8-15-11-18(24-3)19(25-4)12-17(15)14(22)2/h11-12,14,16H,5-10,13H2,1-4H3/t14-,16-/m0/s1. The predicted molar refractivity (Wildman–Crippen MR) is 98.3 cm³/mol. The molecule has 1 aromatic carbocycles. The van der Waals surface area contributed by atoms with E-state index in [1.807, 2.05) is 11.8 Å². The first kappa shape index (κ1) is 18.1. The van der Waals surface area contributed by atoms with Gasteiger partial charge in [-0.05, 0) is 49.4 Å². The maximum absolute atomic E-state index is 12.1. The molecule has 0 N–H and O–H groups in total. The normalized spacial score (nSPS) is 23.9. The lowest BCUT2D eigenvalue weighted by molar-refractivity contribution is -0.133. The van der Waals surface area contributed by atoms with Gasteiger partial charge in [0.15, 0.2) is 11.5 Å². The molecule has 1 aromatic rings. The van der Waals surface area contributed by atoms with E-state index in [9.17, 15) is 4.79 Å². The van der Waals surface area contributed by atoms with Crippen molar-refractivity contribution in [1.29, 1.82) is 0 Å².